The third-order valence-electron chi connectivity index (χ3n) is 1.06. The lowest BCUT2D eigenvalue weighted by molar-refractivity contribution is -0.138. The van der Waals surface area contributed by atoms with E-state index in [4.69, 9.17) is 10.00 Å². The fraction of sp³-hybridized carbons (Fsp3) is 0.333. The number of carbonyl (C=O) groups excluding carboxylic acids is 1. The number of allylic oxidation sites excluding steroid dienone is 1. The monoisotopic (exact) mass is 165 g/mol. The van der Waals surface area contributed by atoms with E-state index in [1.54, 1.807) is 6.07 Å². The molecule has 0 heterocycles. The molecule has 0 N–H and O–H groups in total. The van der Waals surface area contributed by atoms with E-state index in [0.29, 0.717) is 6.61 Å². The minimum Gasteiger partial charge on any atom is -0.462 e. The Morgan fingerprint density at radius 1 is 1.75 bits per heavy atom. The number of rotatable bonds is 4. The van der Waals surface area contributed by atoms with Gasteiger partial charge in [0.1, 0.15) is 0 Å². The fourth-order valence-electron chi connectivity index (χ4n) is 0.493. The molecule has 0 amide bonds. The molecule has 3 heteroatoms. The largest absolute Gasteiger partial charge is 0.462 e. The molecular formula is C9H11NO2. The lowest BCUT2D eigenvalue weighted by Crippen LogP contribution is -2.05. The second-order valence-corrected chi connectivity index (χ2v) is 2.12. The maximum atomic E-state index is 10.9. The van der Waals surface area contributed by atoms with Crippen LogP contribution in [-0.2, 0) is 9.53 Å². The molecular weight excluding hydrogens is 154 g/mol. The Kier molecular flexibility index (Phi) is 5.37. The highest BCUT2D eigenvalue weighted by molar-refractivity contribution is 5.90. The van der Waals surface area contributed by atoms with Gasteiger partial charge in [0, 0.05) is 6.08 Å². The summed E-state index contributed by atoms with van der Waals surface area (Å²) in [5.74, 6) is -0.469. The van der Waals surface area contributed by atoms with E-state index in [1.165, 1.54) is 12.2 Å². The van der Waals surface area contributed by atoms with Crippen LogP contribution in [0.4, 0.5) is 0 Å². The number of hydrogen-bond acceptors (Lipinski definition) is 3. The normalized spacial score (nSPS) is 9.33. The van der Waals surface area contributed by atoms with Crippen LogP contribution in [-0.4, -0.2) is 12.6 Å². The fourth-order valence-corrected chi connectivity index (χ4v) is 0.493. The van der Waals surface area contributed by atoms with Crippen molar-refractivity contribution in [2.45, 2.75) is 13.3 Å². The zero-order chi connectivity index (χ0) is 9.40. The molecule has 0 saturated carbocycles. The molecule has 0 saturated heterocycles. The number of nitriles is 1. The molecule has 64 valence electrons. The predicted molar refractivity (Wildman–Crippen MR) is 45.1 cm³/mol. The van der Waals surface area contributed by atoms with Crippen molar-refractivity contribution < 1.29 is 9.53 Å². The summed E-state index contributed by atoms with van der Waals surface area (Å²) in [7, 11) is 0. The highest BCUT2D eigenvalue weighted by atomic mass is 16.5. The summed E-state index contributed by atoms with van der Waals surface area (Å²) in [5.41, 5.74) is 0.199. The van der Waals surface area contributed by atoms with E-state index < -0.39 is 5.97 Å². The van der Waals surface area contributed by atoms with Crippen molar-refractivity contribution >= 4 is 5.97 Å². The van der Waals surface area contributed by atoms with Crippen LogP contribution in [0.5, 0.6) is 0 Å². The van der Waals surface area contributed by atoms with Crippen LogP contribution in [0.15, 0.2) is 24.3 Å². The Bertz CT molecular complexity index is 235. The third kappa shape index (κ3) is 4.29. The van der Waals surface area contributed by atoms with Crippen LogP contribution in [0.3, 0.4) is 0 Å². The van der Waals surface area contributed by atoms with Crippen molar-refractivity contribution in [3.05, 3.63) is 24.3 Å². The van der Waals surface area contributed by atoms with Crippen LogP contribution in [0, 0.1) is 11.3 Å². The molecule has 0 aromatic carbocycles. The van der Waals surface area contributed by atoms with Crippen LogP contribution < -0.4 is 0 Å². The van der Waals surface area contributed by atoms with Gasteiger partial charge in [-0.15, -0.1) is 0 Å². The van der Waals surface area contributed by atoms with Gasteiger partial charge in [-0.25, -0.2) is 4.79 Å². The van der Waals surface area contributed by atoms with E-state index in [1.807, 2.05) is 6.92 Å². The van der Waals surface area contributed by atoms with E-state index in [-0.39, 0.29) is 5.57 Å². The Hall–Kier alpha value is -1.56. The molecule has 0 fully saturated rings. The summed E-state index contributed by atoms with van der Waals surface area (Å²) in [6.07, 6.45) is 3.30. The maximum absolute atomic E-state index is 10.9. The van der Waals surface area contributed by atoms with Gasteiger partial charge in [-0.1, -0.05) is 13.5 Å². The van der Waals surface area contributed by atoms with Gasteiger partial charge in [-0.3, -0.25) is 0 Å². The zero-order valence-electron chi connectivity index (χ0n) is 7.04. The summed E-state index contributed by atoms with van der Waals surface area (Å²) in [6.45, 7) is 5.72. The minimum atomic E-state index is -0.469. The van der Waals surface area contributed by atoms with Crippen molar-refractivity contribution in [1.29, 1.82) is 5.26 Å². The van der Waals surface area contributed by atoms with E-state index >= 15 is 0 Å². The van der Waals surface area contributed by atoms with Crippen molar-refractivity contribution in [1.82, 2.24) is 0 Å². The molecule has 0 aliphatic rings. The molecule has 0 aromatic heterocycles. The number of nitrogens with zero attached hydrogens (tertiary/aromatic N) is 1. The van der Waals surface area contributed by atoms with Crippen LogP contribution >= 0.6 is 0 Å². The first-order valence-corrected chi connectivity index (χ1v) is 3.64. The van der Waals surface area contributed by atoms with Crippen LogP contribution in [0.1, 0.15) is 13.3 Å². The maximum Gasteiger partial charge on any atom is 0.337 e. The molecule has 0 aliphatic heterocycles. The Labute approximate surface area is 71.9 Å². The smallest absolute Gasteiger partial charge is 0.337 e. The van der Waals surface area contributed by atoms with Crippen molar-refractivity contribution in [3.8, 4) is 6.07 Å². The average molecular weight is 165 g/mol. The first-order valence-electron chi connectivity index (χ1n) is 3.64. The molecule has 0 radical (unpaired) electrons. The standard InChI is InChI=1S/C9H11NO2/c1-3-7-12-9(11)8(2)5-4-6-10/h4-5H,2-3,7H2,1H3. The second-order valence-electron chi connectivity index (χ2n) is 2.12. The van der Waals surface area contributed by atoms with Gasteiger partial charge >= 0.3 is 5.97 Å². The van der Waals surface area contributed by atoms with E-state index in [9.17, 15) is 4.79 Å². The third-order valence-corrected chi connectivity index (χ3v) is 1.06. The summed E-state index contributed by atoms with van der Waals surface area (Å²) in [6, 6.07) is 1.76. The highest BCUT2D eigenvalue weighted by Crippen LogP contribution is 1.96. The van der Waals surface area contributed by atoms with Gasteiger partial charge in [0.05, 0.1) is 18.2 Å². The number of ether oxygens (including phenoxy) is 1. The Morgan fingerprint density at radius 3 is 2.92 bits per heavy atom. The van der Waals surface area contributed by atoms with Crippen molar-refractivity contribution in [3.63, 3.8) is 0 Å². The van der Waals surface area contributed by atoms with E-state index in [2.05, 4.69) is 6.58 Å². The quantitative estimate of drug-likeness (QED) is 0.275. The van der Waals surface area contributed by atoms with Gasteiger partial charge in [0.25, 0.3) is 0 Å². The van der Waals surface area contributed by atoms with Gasteiger partial charge in [-0.05, 0) is 12.5 Å². The molecule has 3 nitrogen and oxygen atoms in total. The first kappa shape index (κ1) is 10.4. The van der Waals surface area contributed by atoms with Crippen molar-refractivity contribution in [2.24, 2.45) is 0 Å². The van der Waals surface area contributed by atoms with E-state index in [0.717, 1.165) is 6.42 Å². The molecule has 12 heavy (non-hydrogen) atoms. The minimum absolute atomic E-state index is 0.199. The van der Waals surface area contributed by atoms with Gasteiger partial charge < -0.3 is 4.74 Å². The highest BCUT2D eigenvalue weighted by Gasteiger charge is 2.02. The van der Waals surface area contributed by atoms with Crippen LogP contribution in [0.25, 0.3) is 0 Å². The zero-order valence-corrected chi connectivity index (χ0v) is 7.04. The van der Waals surface area contributed by atoms with Gasteiger partial charge in [-0.2, -0.15) is 5.26 Å². The van der Waals surface area contributed by atoms with Crippen molar-refractivity contribution in [2.75, 3.05) is 6.61 Å². The second kappa shape index (κ2) is 6.17. The predicted octanol–water partition coefficient (Wildman–Crippen LogP) is 1.58. The Balaban J connectivity index is 3.87. The van der Waals surface area contributed by atoms with Gasteiger partial charge in [0.2, 0.25) is 0 Å². The molecule has 0 atom stereocenters. The molecule has 0 spiro atoms. The lowest BCUT2D eigenvalue weighted by atomic mass is 10.3. The topological polar surface area (TPSA) is 50.1 Å². The molecule has 0 aliphatic carbocycles. The van der Waals surface area contributed by atoms with Gasteiger partial charge in [0.15, 0.2) is 0 Å². The summed E-state index contributed by atoms with van der Waals surface area (Å²) < 4.78 is 4.75. The number of carbonyl (C=O) groups is 1. The molecule has 0 rings (SSSR count). The summed E-state index contributed by atoms with van der Waals surface area (Å²) >= 11 is 0. The summed E-state index contributed by atoms with van der Waals surface area (Å²) in [4.78, 5) is 10.9. The number of hydrogen-bond donors (Lipinski definition) is 0. The Morgan fingerprint density at radius 2 is 2.42 bits per heavy atom. The summed E-state index contributed by atoms with van der Waals surface area (Å²) in [5, 5.41) is 8.14. The lowest BCUT2D eigenvalue weighted by Gasteiger charge is -2.00. The molecule has 0 bridgehead atoms. The first-order chi connectivity index (χ1) is 5.72. The molecule has 0 aromatic rings. The average Bonchev–Trinajstić information content (AvgIpc) is 2.10. The number of esters is 1. The SMILES string of the molecule is C=C(C=CC#N)C(=O)OCCC. The molecule has 0 unspecified atom stereocenters. The van der Waals surface area contributed by atoms with Crippen LogP contribution in [0.2, 0.25) is 0 Å².